The van der Waals surface area contributed by atoms with E-state index >= 15 is 0 Å². The Balaban J connectivity index is 1.65. The lowest BCUT2D eigenvalue weighted by molar-refractivity contribution is -0.125. The van der Waals surface area contributed by atoms with Gasteiger partial charge in [-0.05, 0) is 68.6 Å². The zero-order valence-electron chi connectivity index (χ0n) is 20.7. The molecule has 6 nitrogen and oxygen atoms in total. The number of nitrogens with one attached hydrogen (secondary N) is 3. The molecule has 1 unspecified atom stereocenters. The lowest BCUT2D eigenvalue weighted by Crippen LogP contribution is -2.34. The van der Waals surface area contributed by atoms with Crippen LogP contribution in [0.15, 0.2) is 30.5 Å². The van der Waals surface area contributed by atoms with E-state index in [0.717, 1.165) is 63.4 Å². The van der Waals surface area contributed by atoms with Gasteiger partial charge in [0.2, 0.25) is 11.8 Å². The Morgan fingerprint density at radius 3 is 2.63 bits per heavy atom. The number of benzene rings is 1. The second-order valence-corrected chi connectivity index (χ2v) is 11.3. The average Bonchev–Trinajstić information content (AvgIpc) is 3.27. The summed E-state index contributed by atoms with van der Waals surface area (Å²) in [4.78, 5) is 31.1. The molecule has 1 aromatic carbocycles. The van der Waals surface area contributed by atoms with Gasteiger partial charge in [0.1, 0.15) is 0 Å². The number of halogens is 1. The molecule has 0 spiro atoms. The van der Waals surface area contributed by atoms with Crippen molar-refractivity contribution in [2.45, 2.75) is 47.1 Å². The zero-order chi connectivity index (χ0) is 25.1. The van der Waals surface area contributed by atoms with Crippen LogP contribution in [0.3, 0.4) is 0 Å². The van der Waals surface area contributed by atoms with E-state index in [1.54, 1.807) is 17.5 Å². The zero-order valence-corrected chi connectivity index (χ0v) is 22.3. The standard InChI is InChI=1S/C27H33ClN4O2S/c1-15(2)17(4)26(33)31-14-20-13-23-25(35-20)21(7-10-30-23)22-12-19(28)11-16(3)24(22)32-27(34)18-5-8-29-9-6-18/h7,10-13,15,17-18,29H,5-6,8-9,14H2,1-4H3,(H,31,33)(H,32,34). The Hall–Kier alpha value is -2.48. The SMILES string of the molecule is Cc1cc(Cl)cc(-c2ccnc3cc(CNC(=O)C(C)C(C)C)sc23)c1NC(=O)C1CCNCC1. The van der Waals surface area contributed by atoms with E-state index in [1.807, 2.05) is 52.0 Å². The van der Waals surface area contributed by atoms with Crippen molar-refractivity contribution < 1.29 is 9.59 Å². The second kappa shape index (κ2) is 11.1. The van der Waals surface area contributed by atoms with Crippen LogP contribution in [-0.4, -0.2) is 29.9 Å². The van der Waals surface area contributed by atoms with E-state index < -0.39 is 0 Å². The summed E-state index contributed by atoms with van der Waals surface area (Å²) in [5.41, 5.74) is 4.43. The number of hydrogen-bond donors (Lipinski definition) is 3. The maximum atomic E-state index is 13.1. The minimum Gasteiger partial charge on any atom is -0.351 e. The number of hydrogen-bond acceptors (Lipinski definition) is 5. The monoisotopic (exact) mass is 512 g/mol. The Labute approximate surface area is 215 Å². The molecule has 1 atom stereocenters. The first-order valence-electron chi connectivity index (χ1n) is 12.2. The summed E-state index contributed by atoms with van der Waals surface area (Å²) in [5, 5.41) is 10.2. The predicted molar refractivity (Wildman–Crippen MR) is 145 cm³/mol. The molecule has 2 amide bonds. The molecule has 3 aromatic rings. The Morgan fingerprint density at radius 2 is 1.91 bits per heavy atom. The average molecular weight is 513 g/mol. The van der Waals surface area contributed by atoms with Crippen LogP contribution in [0.1, 0.15) is 44.1 Å². The van der Waals surface area contributed by atoms with Crippen LogP contribution in [0.2, 0.25) is 5.02 Å². The minimum atomic E-state index is -0.0429. The second-order valence-electron chi connectivity index (χ2n) is 9.69. The molecule has 0 bridgehead atoms. The van der Waals surface area contributed by atoms with Gasteiger partial charge in [-0.1, -0.05) is 32.4 Å². The summed E-state index contributed by atoms with van der Waals surface area (Å²) in [5.74, 6) is 0.354. The highest BCUT2D eigenvalue weighted by Crippen LogP contribution is 2.40. The largest absolute Gasteiger partial charge is 0.351 e. The molecule has 0 radical (unpaired) electrons. The summed E-state index contributed by atoms with van der Waals surface area (Å²) >= 11 is 8.08. The van der Waals surface area contributed by atoms with E-state index in [0.29, 0.717) is 11.6 Å². The first-order valence-corrected chi connectivity index (χ1v) is 13.4. The summed E-state index contributed by atoms with van der Waals surface area (Å²) in [6, 6.07) is 7.78. The molecule has 186 valence electrons. The van der Waals surface area contributed by atoms with Gasteiger partial charge in [-0.25, -0.2) is 0 Å². The number of piperidine rings is 1. The Kier molecular flexibility index (Phi) is 8.09. The Bertz CT molecular complexity index is 1230. The number of fused-ring (bicyclic) bond motifs is 1. The highest BCUT2D eigenvalue weighted by molar-refractivity contribution is 7.19. The van der Waals surface area contributed by atoms with Crippen molar-refractivity contribution in [1.82, 2.24) is 15.6 Å². The number of carbonyl (C=O) groups is 2. The lowest BCUT2D eigenvalue weighted by Gasteiger charge is -2.23. The van der Waals surface area contributed by atoms with Gasteiger partial charge < -0.3 is 16.0 Å². The number of anilines is 1. The molecular formula is C27H33ClN4O2S. The van der Waals surface area contributed by atoms with E-state index in [9.17, 15) is 9.59 Å². The van der Waals surface area contributed by atoms with Gasteiger partial charge in [-0.15, -0.1) is 11.3 Å². The van der Waals surface area contributed by atoms with Crippen LogP contribution in [-0.2, 0) is 16.1 Å². The number of rotatable bonds is 7. The van der Waals surface area contributed by atoms with Crippen molar-refractivity contribution in [3.63, 3.8) is 0 Å². The van der Waals surface area contributed by atoms with Crippen LogP contribution >= 0.6 is 22.9 Å². The first kappa shape index (κ1) is 25.6. The maximum Gasteiger partial charge on any atom is 0.227 e. The molecule has 1 aliphatic heterocycles. The van der Waals surface area contributed by atoms with Gasteiger partial charge in [0.15, 0.2) is 0 Å². The van der Waals surface area contributed by atoms with Gasteiger partial charge in [0, 0.05) is 39.1 Å². The summed E-state index contributed by atoms with van der Waals surface area (Å²) in [7, 11) is 0. The smallest absolute Gasteiger partial charge is 0.227 e. The fourth-order valence-electron chi connectivity index (χ4n) is 4.36. The van der Waals surface area contributed by atoms with Gasteiger partial charge >= 0.3 is 0 Å². The minimum absolute atomic E-state index is 0.00168. The number of pyridine rings is 1. The topological polar surface area (TPSA) is 83.1 Å². The van der Waals surface area contributed by atoms with Crippen LogP contribution in [0.25, 0.3) is 21.3 Å². The quantitative estimate of drug-likeness (QED) is 0.375. The van der Waals surface area contributed by atoms with Crippen LogP contribution in [0, 0.1) is 24.7 Å². The van der Waals surface area contributed by atoms with Crippen molar-refractivity contribution in [3.05, 3.63) is 45.9 Å². The molecule has 3 heterocycles. The third-order valence-electron chi connectivity index (χ3n) is 6.86. The third kappa shape index (κ3) is 5.85. The number of nitrogens with zero attached hydrogens (tertiary/aromatic N) is 1. The van der Waals surface area contributed by atoms with Crippen molar-refractivity contribution in [3.8, 4) is 11.1 Å². The number of carbonyl (C=O) groups excluding carboxylic acids is 2. The number of aromatic nitrogens is 1. The van der Waals surface area contributed by atoms with Crippen LogP contribution < -0.4 is 16.0 Å². The number of aryl methyl sites for hydroxylation is 1. The summed E-state index contributed by atoms with van der Waals surface area (Å²) in [6.45, 7) is 10.2. The molecule has 1 saturated heterocycles. The molecule has 1 fully saturated rings. The van der Waals surface area contributed by atoms with Gasteiger partial charge in [-0.3, -0.25) is 14.6 Å². The van der Waals surface area contributed by atoms with Crippen molar-refractivity contribution in [1.29, 1.82) is 0 Å². The fourth-order valence-corrected chi connectivity index (χ4v) is 5.71. The van der Waals surface area contributed by atoms with E-state index in [-0.39, 0.29) is 29.6 Å². The highest BCUT2D eigenvalue weighted by atomic mass is 35.5. The van der Waals surface area contributed by atoms with E-state index in [1.165, 1.54) is 0 Å². The van der Waals surface area contributed by atoms with Crippen LogP contribution in [0.5, 0.6) is 0 Å². The third-order valence-corrected chi connectivity index (χ3v) is 8.24. The molecule has 1 aliphatic rings. The van der Waals surface area contributed by atoms with E-state index in [2.05, 4.69) is 20.9 Å². The molecule has 2 aromatic heterocycles. The van der Waals surface area contributed by atoms with Gasteiger partial charge in [0.05, 0.1) is 22.4 Å². The molecule has 0 aliphatic carbocycles. The lowest BCUT2D eigenvalue weighted by atomic mass is 9.95. The number of thiophene rings is 1. The number of amides is 2. The van der Waals surface area contributed by atoms with Crippen molar-refractivity contribution >= 4 is 50.7 Å². The maximum absolute atomic E-state index is 13.1. The summed E-state index contributed by atoms with van der Waals surface area (Å²) in [6.07, 6.45) is 3.45. The highest BCUT2D eigenvalue weighted by Gasteiger charge is 2.24. The normalized spacial score (nSPS) is 15.4. The predicted octanol–water partition coefficient (Wildman–Crippen LogP) is 5.77. The van der Waals surface area contributed by atoms with Gasteiger partial charge in [-0.2, -0.15) is 0 Å². The fraction of sp³-hybridized carbons (Fsp3) is 0.444. The summed E-state index contributed by atoms with van der Waals surface area (Å²) < 4.78 is 1.01. The van der Waals surface area contributed by atoms with Crippen molar-refractivity contribution in [2.75, 3.05) is 18.4 Å². The molecule has 4 rings (SSSR count). The Morgan fingerprint density at radius 1 is 1.17 bits per heavy atom. The van der Waals surface area contributed by atoms with Crippen molar-refractivity contribution in [2.24, 2.45) is 17.8 Å². The molecule has 3 N–H and O–H groups in total. The molecular weight excluding hydrogens is 480 g/mol. The van der Waals surface area contributed by atoms with E-state index in [4.69, 9.17) is 11.6 Å². The molecule has 8 heteroatoms. The molecule has 35 heavy (non-hydrogen) atoms. The van der Waals surface area contributed by atoms with Crippen LogP contribution in [0.4, 0.5) is 5.69 Å². The van der Waals surface area contributed by atoms with Gasteiger partial charge in [0.25, 0.3) is 0 Å². The molecule has 0 saturated carbocycles. The first-order chi connectivity index (χ1) is 16.7.